The number of alkyl halides is 2. The molecule has 2 aromatic rings. The Morgan fingerprint density at radius 2 is 2.19 bits per heavy atom. The van der Waals surface area contributed by atoms with Gasteiger partial charge in [0, 0.05) is 31.0 Å². The zero-order valence-electron chi connectivity index (χ0n) is 14.3. The van der Waals surface area contributed by atoms with E-state index in [9.17, 15) is 13.6 Å². The first kappa shape index (κ1) is 17.7. The van der Waals surface area contributed by atoms with Gasteiger partial charge in [-0.05, 0) is 30.9 Å². The van der Waals surface area contributed by atoms with Crippen molar-refractivity contribution in [3.8, 4) is 0 Å². The van der Waals surface area contributed by atoms with E-state index in [4.69, 9.17) is 16.3 Å². The fraction of sp³-hybridized carbons (Fsp3) is 0.526. The monoisotopic (exact) mass is 382 g/mol. The number of amides is 1. The van der Waals surface area contributed by atoms with Crippen molar-refractivity contribution in [1.82, 2.24) is 9.88 Å². The summed E-state index contributed by atoms with van der Waals surface area (Å²) in [6.07, 6.45) is 2.81. The lowest BCUT2D eigenvalue weighted by Crippen LogP contribution is -2.35. The van der Waals surface area contributed by atoms with Crippen LogP contribution < -0.4 is 5.32 Å². The van der Waals surface area contributed by atoms with Crippen molar-refractivity contribution in [1.29, 1.82) is 0 Å². The first-order valence-electron chi connectivity index (χ1n) is 8.97. The minimum atomic E-state index is -2.61. The minimum Gasteiger partial charge on any atom is -0.377 e. The summed E-state index contributed by atoms with van der Waals surface area (Å²) < 4.78 is 34.4. The van der Waals surface area contributed by atoms with Gasteiger partial charge in [0.25, 0.3) is 5.91 Å². The van der Waals surface area contributed by atoms with Crippen LogP contribution in [-0.2, 0) is 4.74 Å². The Labute approximate surface area is 155 Å². The Hall–Kier alpha value is -1.66. The molecular formula is C19H21ClF2N2O2. The molecule has 4 rings (SSSR count). The molecule has 1 aliphatic heterocycles. The van der Waals surface area contributed by atoms with Crippen molar-refractivity contribution in [3.05, 3.63) is 35.0 Å². The van der Waals surface area contributed by atoms with E-state index in [1.54, 1.807) is 12.3 Å². The number of fused-ring (bicyclic) bond motifs is 1. The Bertz CT molecular complexity index is 832. The van der Waals surface area contributed by atoms with Crippen LogP contribution in [-0.4, -0.2) is 36.2 Å². The van der Waals surface area contributed by atoms with E-state index in [-0.39, 0.29) is 37.3 Å². The van der Waals surface area contributed by atoms with Crippen molar-refractivity contribution in [2.75, 3.05) is 19.8 Å². The number of nitrogens with zero attached hydrogens (tertiary/aromatic N) is 1. The number of carbonyl (C=O) groups is 1. The van der Waals surface area contributed by atoms with Crippen molar-refractivity contribution in [3.63, 3.8) is 0 Å². The normalized spacial score (nSPS) is 23.0. The molecule has 7 heteroatoms. The standard InChI is InChI=1S/C19H21ClF2N2O2/c20-15-4-1-5-16-17(15)14(9-24(16)13-10-26-11-13)18(25)23-8-12-3-2-6-19(21,22)7-12/h1,4-5,9,12-13H,2-3,6-8,10-11H2,(H,23,25)/t12-/m1/s1. The van der Waals surface area contributed by atoms with Crippen LogP contribution in [0.4, 0.5) is 8.78 Å². The van der Waals surface area contributed by atoms with E-state index in [0.29, 0.717) is 35.6 Å². The minimum absolute atomic E-state index is 0.0516. The van der Waals surface area contributed by atoms with Gasteiger partial charge in [0.15, 0.2) is 0 Å². The van der Waals surface area contributed by atoms with Crippen LogP contribution >= 0.6 is 11.6 Å². The number of benzene rings is 1. The Balaban J connectivity index is 1.55. The van der Waals surface area contributed by atoms with Gasteiger partial charge in [0.2, 0.25) is 5.92 Å². The molecule has 1 saturated carbocycles. The highest BCUT2D eigenvalue weighted by Crippen LogP contribution is 2.36. The van der Waals surface area contributed by atoms with Crippen molar-refractivity contribution < 1.29 is 18.3 Å². The maximum absolute atomic E-state index is 13.6. The summed E-state index contributed by atoms with van der Waals surface area (Å²) in [5.41, 5.74) is 1.38. The number of hydrogen-bond acceptors (Lipinski definition) is 2. The van der Waals surface area contributed by atoms with Gasteiger partial charge < -0.3 is 14.6 Å². The van der Waals surface area contributed by atoms with Gasteiger partial charge in [-0.25, -0.2) is 8.78 Å². The molecule has 2 aliphatic rings. The largest absolute Gasteiger partial charge is 0.377 e. The first-order valence-corrected chi connectivity index (χ1v) is 9.35. The Kier molecular flexibility index (Phi) is 4.65. The lowest BCUT2D eigenvalue weighted by atomic mass is 9.86. The zero-order chi connectivity index (χ0) is 18.3. The molecule has 1 aliphatic carbocycles. The second kappa shape index (κ2) is 6.82. The topological polar surface area (TPSA) is 43.3 Å². The van der Waals surface area contributed by atoms with E-state index >= 15 is 0 Å². The van der Waals surface area contributed by atoms with Gasteiger partial charge in [-0.15, -0.1) is 0 Å². The molecule has 1 atom stereocenters. The molecule has 2 fully saturated rings. The van der Waals surface area contributed by atoms with Crippen LogP contribution in [0.3, 0.4) is 0 Å². The Morgan fingerprint density at radius 1 is 1.38 bits per heavy atom. The lowest BCUT2D eigenvalue weighted by Gasteiger charge is -2.29. The van der Waals surface area contributed by atoms with Crippen molar-refractivity contribution >= 4 is 28.4 Å². The molecule has 4 nitrogen and oxygen atoms in total. The summed E-state index contributed by atoms with van der Waals surface area (Å²) in [6, 6.07) is 5.73. The molecule has 140 valence electrons. The first-order chi connectivity index (χ1) is 12.4. The number of ether oxygens (including phenoxy) is 1. The van der Waals surface area contributed by atoms with Gasteiger partial charge in [0.05, 0.1) is 35.4 Å². The fourth-order valence-electron chi connectivity index (χ4n) is 3.91. The highest BCUT2D eigenvalue weighted by molar-refractivity contribution is 6.36. The number of halogens is 3. The molecule has 0 bridgehead atoms. The molecular weight excluding hydrogens is 362 g/mol. The summed E-state index contributed by atoms with van der Waals surface area (Å²) in [5.74, 6) is -3.07. The predicted octanol–water partition coefficient (Wildman–Crippen LogP) is 4.42. The van der Waals surface area contributed by atoms with Crippen LogP contribution in [0.25, 0.3) is 10.9 Å². The highest BCUT2D eigenvalue weighted by atomic mass is 35.5. The molecule has 1 N–H and O–H groups in total. The molecule has 0 spiro atoms. The zero-order valence-corrected chi connectivity index (χ0v) is 15.1. The Morgan fingerprint density at radius 3 is 2.88 bits per heavy atom. The molecule has 1 aromatic carbocycles. The van der Waals surface area contributed by atoms with Crippen molar-refractivity contribution in [2.45, 2.75) is 37.6 Å². The molecule has 2 heterocycles. The molecule has 1 saturated heterocycles. The SMILES string of the molecule is O=C(NC[C@@H]1CCCC(F)(F)C1)c1cn(C2COC2)c2cccc(Cl)c12. The molecule has 1 amide bonds. The number of rotatable bonds is 4. The predicted molar refractivity (Wildman–Crippen MR) is 96.0 cm³/mol. The van der Waals surface area contributed by atoms with E-state index in [2.05, 4.69) is 5.32 Å². The third-order valence-electron chi connectivity index (χ3n) is 5.36. The van der Waals surface area contributed by atoms with Gasteiger partial charge in [-0.2, -0.15) is 0 Å². The second-order valence-electron chi connectivity index (χ2n) is 7.30. The third kappa shape index (κ3) is 3.32. The van der Waals surface area contributed by atoms with Gasteiger partial charge in [0.1, 0.15) is 0 Å². The number of aromatic nitrogens is 1. The lowest BCUT2D eigenvalue weighted by molar-refractivity contribution is -0.0518. The number of nitrogens with one attached hydrogen (secondary N) is 1. The maximum Gasteiger partial charge on any atom is 0.253 e. The fourth-order valence-corrected chi connectivity index (χ4v) is 4.18. The molecule has 0 unspecified atom stereocenters. The van der Waals surface area contributed by atoms with Gasteiger partial charge in [-0.1, -0.05) is 17.7 Å². The average molecular weight is 383 g/mol. The summed E-state index contributed by atoms with van der Waals surface area (Å²) in [7, 11) is 0. The van der Waals surface area contributed by atoms with E-state index in [1.165, 1.54) is 0 Å². The number of carbonyl (C=O) groups excluding carboxylic acids is 1. The summed E-state index contributed by atoms with van der Waals surface area (Å²) in [5, 5.41) is 4.05. The van der Waals surface area contributed by atoms with Crippen LogP contribution in [0.15, 0.2) is 24.4 Å². The smallest absolute Gasteiger partial charge is 0.253 e. The van der Waals surface area contributed by atoms with Crippen molar-refractivity contribution in [2.24, 2.45) is 5.92 Å². The summed E-state index contributed by atoms with van der Waals surface area (Å²) >= 11 is 6.35. The van der Waals surface area contributed by atoms with Crippen LogP contribution in [0.2, 0.25) is 5.02 Å². The highest BCUT2D eigenvalue weighted by Gasteiger charge is 2.36. The van der Waals surface area contributed by atoms with Crippen LogP contribution in [0, 0.1) is 5.92 Å². The van der Waals surface area contributed by atoms with E-state index < -0.39 is 5.92 Å². The quantitative estimate of drug-likeness (QED) is 0.850. The maximum atomic E-state index is 13.6. The van der Waals surface area contributed by atoms with Gasteiger partial charge in [-0.3, -0.25) is 4.79 Å². The molecule has 1 aromatic heterocycles. The molecule has 0 radical (unpaired) electrons. The second-order valence-corrected chi connectivity index (χ2v) is 7.71. The average Bonchev–Trinajstić information content (AvgIpc) is 2.91. The molecule has 26 heavy (non-hydrogen) atoms. The van der Waals surface area contributed by atoms with E-state index in [1.807, 2.05) is 16.7 Å². The van der Waals surface area contributed by atoms with E-state index in [0.717, 1.165) is 11.9 Å². The van der Waals surface area contributed by atoms with Gasteiger partial charge >= 0.3 is 0 Å². The van der Waals surface area contributed by atoms with Crippen LogP contribution in [0.5, 0.6) is 0 Å². The third-order valence-corrected chi connectivity index (χ3v) is 5.67. The summed E-state index contributed by atoms with van der Waals surface area (Å²) in [4.78, 5) is 12.8. The van der Waals surface area contributed by atoms with Crippen LogP contribution in [0.1, 0.15) is 42.1 Å². The number of hydrogen-bond donors (Lipinski definition) is 1. The summed E-state index contributed by atoms with van der Waals surface area (Å²) in [6.45, 7) is 1.47.